The number of hydrogen-bond acceptors (Lipinski definition) is 5. The van der Waals surface area contributed by atoms with Gasteiger partial charge in [0, 0.05) is 12.1 Å². The second-order valence-electron chi connectivity index (χ2n) is 5.22. The van der Waals surface area contributed by atoms with Gasteiger partial charge in [-0.25, -0.2) is 13.2 Å². The number of sulfone groups is 1. The van der Waals surface area contributed by atoms with Gasteiger partial charge in [-0.05, 0) is 13.3 Å². The normalized spacial score (nSPS) is 37.7. The van der Waals surface area contributed by atoms with Crippen LogP contribution in [0.2, 0.25) is 0 Å². The van der Waals surface area contributed by atoms with Crippen LogP contribution in [0.1, 0.15) is 19.8 Å². The molecule has 0 spiro atoms. The van der Waals surface area contributed by atoms with E-state index in [1.807, 2.05) is 0 Å². The van der Waals surface area contributed by atoms with Gasteiger partial charge in [0.2, 0.25) is 0 Å². The van der Waals surface area contributed by atoms with Crippen molar-refractivity contribution in [1.29, 1.82) is 0 Å². The Bertz CT molecular complexity index is 464. The van der Waals surface area contributed by atoms with E-state index in [2.05, 4.69) is 10.1 Å². The minimum atomic E-state index is -3.42. The second-order valence-corrected chi connectivity index (χ2v) is 7.40. The molecule has 2 fully saturated rings. The number of nitrogens with one attached hydrogen (secondary N) is 1. The highest BCUT2D eigenvalue weighted by Crippen LogP contribution is 2.31. The van der Waals surface area contributed by atoms with Crippen LogP contribution in [0.25, 0.3) is 0 Å². The molecule has 2 aliphatic rings. The molecule has 1 N–H and O–H groups in total. The van der Waals surface area contributed by atoms with Gasteiger partial charge in [-0.1, -0.05) is 0 Å². The van der Waals surface area contributed by atoms with Crippen molar-refractivity contribution in [1.82, 2.24) is 5.32 Å². The molecular weight excluding hydrogens is 268 g/mol. The van der Waals surface area contributed by atoms with E-state index in [0.29, 0.717) is 6.42 Å². The number of rotatable bonds is 3. The summed E-state index contributed by atoms with van der Waals surface area (Å²) in [4.78, 5) is 10.8. The molecule has 2 rings (SSSR count). The predicted molar refractivity (Wildman–Crippen MR) is 59.1 cm³/mol. The van der Waals surface area contributed by atoms with Crippen molar-refractivity contribution in [2.24, 2.45) is 0 Å². The van der Waals surface area contributed by atoms with Crippen molar-refractivity contribution in [2.75, 3.05) is 18.1 Å². The molecule has 2 aliphatic heterocycles. The number of ether oxygens (including phenoxy) is 1. The molecule has 0 saturated carbocycles. The zero-order valence-electron chi connectivity index (χ0n) is 9.91. The van der Waals surface area contributed by atoms with Gasteiger partial charge in [-0.2, -0.15) is 8.78 Å². The Morgan fingerprint density at radius 2 is 2.17 bits per heavy atom. The highest BCUT2D eigenvalue weighted by molar-refractivity contribution is 7.91. The van der Waals surface area contributed by atoms with Crippen LogP contribution >= 0.6 is 0 Å². The Kier molecular flexibility index (Phi) is 3.13. The quantitative estimate of drug-likeness (QED) is 0.744. The lowest BCUT2D eigenvalue weighted by Crippen LogP contribution is -2.46. The molecule has 2 heterocycles. The Balaban J connectivity index is 1.89. The molecule has 0 bridgehead atoms. The Morgan fingerprint density at radius 3 is 2.61 bits per heavy atom. The summed E-state index contributed by atoms with van der Waals surface area (Å²) >= 11 is 0. The van der Waals surface area contributed by atoms with Gasteiger partial charge in [0.25, 0.3) is 0 Å². The second kappa shape index (κ2) is 4.12. The van der Waals surface area contributed by atoms with E-state index < -0.39 is 39.8 Å². The van der Waals surface area contributed by atoms with E-state index in [1.54, 1.807) is 6.92 Å². The molecule has 104 valence electrons. The molecule has 18 heavy (non-hydrogen) atoms. The van der Waals surface area contributed by atoms with Gasteiger partial charge in [-0.3, -0.25) is 0 Å². The molecule has 0 aromatic rings. The van der Waals surface area contributed by atoms with Gasteiger partial charge < -0.3 is 10.1 Å². The SMILES string of the molecule is CC1(NCC2CC(F)(F)C(=O)O2)CCS(=O)(=O)C1. The summed E-state index contributed by atoms with van der Waals surface area (Å²) < 4.78 is 53.1. The topological polar surface area (TPSA) is 72.5 Å². The number of carbonyl (C=O) groups excluding carboxylic acids is 1. The van der Waals surface area contributed by atoms with Gasteiger partial charge in [0.05, 0.1) is 17.9 Å². The van der Waals surface area contributed by atoms with Crippen molar-refractivity contribution in [2.45, 2.75) is 37.3 Å². The van der Waals surface area contributed by atoms with E-state index in [1.165, 1.54) is 0 Å². The van der Waals surface area contributed by atoms with Gasteiger partial charge in [0.15, 0.2) is 9.84 Å². The molecule has 0 radical (unpaired) electrons. The maximum absolute atomic E-state index is 12.9. The Morgan fingerprint density at radius 1 is 1.50 bits per heavy atom. The van der Waals surface area contributed by atoms with E-state index in [-0.39, 0.29) is 18.1 Å². The van der Waals surface area contributed by atoms with Crippen LogP contribution in [0.5, 0.6) is 0 Å². The molecule has 0 aromatic heterocycles. The number of halogens is 2. The zero-order valence-corrected chi connectivity index (χ0v) is 10.7. The molecule has 5 nitrogen and oxygen atoms in total. The van der Waals surface area contributed by atoms with Gasteiger partial charge >= 0.3 is 11.9 Å². The lowest BCUT2D eigenvalue weighted by atomic mass is 10.0. The first-order valence-corrected chi connectivity index (χ1v) is 7.48. The van der Waals surface area contributed by atoms with Crippen LogP contribution in [-0.2, 0) is 19.4 Å². The summed E-state index contributed by atoms with van der Waals surface area (Å²) in [6, 6.07) is 0. The smallest absolute Gasteiger partial charge is 0.377 e. The van der Waals surface area contributed by atoms with Crippen molar-refractivity contribution in [3.63, 3.8) is 0 Å². The van der Waals surface area contributed by atoms with Crippen molar-refractivity contribution >= 4 is 15.8 Å². The van der Waals surface area contributed by atoms with E-state index >= 15 is 0 Å². The zero-order chi connectivity index (χ0) is 13.6. The fourth-order valence-electron chi connectivity index (χ4n) is 2.27. The largest absolute Gasteiger partial charge is 0.456 e. The molecule has 0 aromatic carbocycles. The fourth-order valence-corrected chi connectivity index (χ4v) is 4.40. The van der Waals surface area contributed by atoms with Crippen LogP contribution < -0.4 is 5.32 Å². The molecule has 0 amide bonds. The summed E-state index contributed by atoms with van der Waals surface area (Å²) in [6.45, 7) is 1.78. The van der Waals surface area contributed by atoms with Crippen LogP contribution in [0.3, 0.4) is 0 Å². The highest BCUT2D eigenvalue weighted by atomic mass is 32.2. The average Bonchev–Trinajstić information content (AvgIpc) is 2.63. The minimum absolute atomic E-state index is 0.0168. The third-order valence-corrected chi connectivity index (χ3v) is 5.22. The number of hydrogen-bond donors (Lipinski definition) is 1. The van der Waals surface area contributed by atoms with Crippen LogP contribution in [-0.4, -0.2) is 50.0 Å². The standard InChI is InChI=1S/C10H15F2NO4S/c1-9(2-3-18(15,16)6-9)13-5-7-4-10(11,12)8(14)17-7/h7,13H,2-6H2,1H3. The summed E-state index contributed by atoms with van der Waals surface area (Å²) in [5.41, 5.74) is -0.622. The first-order valence-electron chi connectivity index (χ1n) is 5.66. The molecular formula is C10H15F2NO4S. The third kappa shape index (κ3) is 2.80. The number of carbonyl (C=O) groups is 1. The monoisotopic (exact) mass is 283 g/mol. The minimum Gasteiger partial charge on any atom is -0.456 e. The maximum Gasteiger partial charge on any atom is 0.377 e. The van der Waals surface area contributed by atoms with Crippen molar-refractivity contribution < 1.29 is 26.7 Å². The van der Waals surface area contributed by atoms with Gasteiger partial charge in [0.1, 0.15) is 6.10 Å². The van der Waals surface area contributed by atoms with Gasteiger partial charge in [-0.15, -0.1) is 0 Å². The lowest BCUT2D eigenvalue weighted by molar-refractivity contribution is -0.159. The Labute approximate surface area is 104 Å². The summed E-state index contributed by atoms with van der Waals surface area (Å²) in [7, 11) is -3.05. The summed E-state index contributed by atoms with van der Waals surface area (Å²) in [6.07, 6.45) is -1.11. The van der Waals surface area contributed by atoms with Crippen LogP contribution in [0.15, 0.2) is 0 Å². The van der Waals surface area contributed by atoms with E-state index in [0.717, 1.165) is 0 Å². The number of esters is 1. The Hall–Kier alpha value is -0.760. The molecule has 8 heteroatoms. The highest BCUT2D eigenvalue weighted by Gasteiger charge is 2.51. The number of cyclic esters (lactones) is 1. The average molecular weight is 283 g/mol. The third-order valence-electron chi connectivity index (χ3n) is 3.32. The van der Waals surface area contributed by atoms with Crippen LogP contribution in [0.4, 0.5) is 8.78 Å². The summed E-state index contributed by atoms with van der Waals surface area (Å²) in [5.74, 6) is -4.85. The number of alkyl halides is 2. The predicted octanol–water partition coefficient (Wildman–Crippen LogP) is 0.104. The molecule has 2 unspecified atom stereocenters. The maximum atomic E-state index is 12.9. The molecule has 2 saturated heterocycles. The van der Waals surface area contributed by atoms with E-state index in [9.17, 15) is 22.0 Å². The van der Waals surface area contributed by atoms with Crippen molar-refractivity contribution in [3.05, 3.63) is 0 Å². The molecule has 0 aliphatic carbocycles. The van der Waals surface area contributed by atoms with E-state index in [4.69, 9.17) is 0 Å². The van der Waals surface area contributed by atoms with Crippen LogP contribution in [0, 0.1) is 0 Å². The summed E-state index contributed by atoms with van der Waals surface area (Å²) in [5, 5.41) is 2.92. The fraction of sp³-hybridized carbons (Fsp3) is 0.900. The molecule has 2 atom stereocenters. The van der Waals surface area contributed by atoms with Crippen molar-refractivity contribution in [3.8, 4) is 0 Å². The lowest BCUT2D eigenvalue weighted by Gasteiger charge is -2.25. The first kappa shape index (κ1) is 13.7. The first-order chi connectivity index (χ1) is 8.12.